The first-order valence-electron chi connectivity index (χ1n) is 9.68. The van der Waals surface area contributed by atoms with Gasteiger partial charge in [0.05, 0.1) is 24.4 Å². The van der Waals surface area contributed by atoms with E-state index in [1.54, 1.807) is 12.1 Å². The van der Waals surface area contributed by atoms with Crippen LogP contribution in [0.5, 0.6) is 5.75 Å². The number of carbonyl (C=O) groups is 1. The van der Waals surface area contributed by atoms with Crippen LogP contribution in [0.4, 0.5) is 5.69 Å². The van der Waals surface area contributed by atoms with E-state index in [2.05, 4.69) is 10.6 Å². The number of hydrogen-bond acceptors (Lipinski definition) is 4. The number of ether oxygens (including phenoxy) is 1. The molecule has 0 unspecified atom stereocenters. The van der Waals surface area contributed by atoms with E-state index in [1.165, 1.54) is 45.3 Å². The highest BCUT2D eigenvalue weighted by atomic mass is 16.5. The first-order valence-corrected chi connectivity index (χ1v) is 9.68. The fourth-order valence-electron chi connectivity index (χ4n) is 3.77. The van der Waals surface area contributed by atoms with Crippen LogP contribution in [0.1, 0.15) is 68.1 Å². The van der Waals surface area contributed by atoms with E-state index < -0.39 is 5.97 Å². The van der Waals surface area contributed by atoms with Crippen molar-refractivity contribution in [3.8, 4) is 5.75 Å². The van der Waals surface area contributed by atoms with Crippen LogP contribution >= 0.6 is 0 Å². The van der Waals surface area contributed by atoms with E-state index in [1.807, 2.05) is 0 Å². The van der Waals surface area contributed by atoms with Crippen molar-refractivity contribution in [2.75, 3.05) is 12.4 Å². The molecule has 142 valence electrons. The molecule has 1 aromatic carbocycles. The van der Waals surface area contributed by atoms with Crippen molar-refractivity contribution < 1.29 is 14.6 Å². The summed E-state index contributed by atoms with van der Waals surface area (Å²) in [5.74, 6) is 0.353. The lowest BCUT2D eigenvalue weighted by atomic mass is 9.96. The molecule has 0 radical (unpaired) electrons. The summed E-state index contributed by atoms with van der Waals surface area (Å²) in [6, 6.07) is 5.38. The predicted molar refractivity (Wildman–Crippen MR) is 103 cm³/mol. The van der Waals surface area contributed by atoms with Gasteiger partial charge in [-0.1, -0.05) is 32.1 Å². The Balaban J connectivity index is 1.78. The summed E-state index contributed by atoms with van der Waals surface area (Å²) in [5.41, 5.74) is 0.860. The zero-order valence-electron chi connectivity index (χ0n) is 15.5. The molecule has 0 atom stereocenters. The molecule has 2 aliphatic rings. The van der Waals surface area contributed by atoms with Gasteiger partial charge in [0.1, 0.15) is 5.75 Å². The average Bonchev–Trinajstić information content (AvgIpc) is 3.16. The van der Waals surface area contributed by atoms with Crippen LogP contribution in [-0.2, 0) is 4.74 Å². The fraction of sp³-hybridized carbons (Fsp3) is 0.600. The van der Waals surface area contributed by atoms with Gasteiger partial charge < -0.3 is 20.5 Å². The van der Waals surface area contributed by atoms with Gasteiger partial charge in [0.2, 0.25) is 0 Å². The maximum absolute atomic E-state index is 11.8. The van der Waals surface area contributed by atoms with Gasteiger partial charge in [-0.3, -0.25) is 0 Å². The molecule has 0 spiro atoms. The summed E-state index contributed by atoms with van der Waals surface area (Å²) in [6.07, 6.45) is 10.7. The monoisotopic (exact) mass is 359 g/mol. The minimum absolute atomic E-state index is 0.0854. The minimum atomic E-state index is -0.428. The molecule has 0 amide bonds. The summed E-state index contributed by atoms with van der Waals surface area (Å²) >= 11 is 0. The summed E-state index contributed by atoms with van der Waals surface area (Å²) in [7, 11) is 1.35. The molecule has 6 nitrogen and oxygen atoms in total. The topological polar surface area (TPSA) is 83.0 Å². The predicted octanol–water partition coefficient (Wildman–Crippen LogP) is 3.81. The van der Waals surface area contributed by atoms with Gasteiger partial charge in [-0.15, -0.1) is 0 Å². The Morgan fingerprint density at radius 2 is 1.81 bits per heavy atom. The summed E-state index contributed by atoms with van der Waals surface area (Å²) in [5, 5.41) is 17.0. The number of nitrogens with one attached hydrogen (secondary N) is 2. The molecule has 0 aliphatic heterocycles. The number of methoxy groups -OCH3 is 1. The van der Waals surface area contributed by atoms with Gasteiger partial charge >= 0.3 is 5.97 Å². The van der Waals surface area contributed by atoms with Gasteiger partial charge in [0, 0.05) is 6.04 Å². The van der Waals surface area contributed by atoms with Gasteiger partial charge in [-0.25, -0.2) is 9.79 Å². The molecule has 1 aromatic rings. The van der Waals surface area contributed by atoms with E-state index >= 15 is 0 Å². The first-order chi connectivity index (χ1) is 12.7. The Labute approximate surface area is 155 Å². The van der Waals surface area contributed by atoms with Crippen LogP contribution < -0.4 is 10.6 Å². The number of aromatic hydroxyl groups is 1. The van der Waals surface area contributed by atoms with Gasteiger partial charge in [-0.2, -0.15) is 0 Å². The van der Waals surface area contributed by atoms with Gasteiger partial charge in [0.25, 0.3) is 0 Å². The lowest BCUT2D eigenvalue weighted by Crippen LogP contribution is -2.41. The van der Waals surface area contributed by atoms with Crippen LogP contribution in [0, 0.1) is 0 Å². The number of aliphatic imine (C=N–C) groups is 1. The number of carbonyl (C=O) groups excluding carboxylic acids is 1. The minimum Gasteiger partial charge on any atom is -0.506 e. The number of benzene rings is 1. The van der Waals surface area contributed by atoms with Crippen LogP contribution in [0.3, 0.4) is 0 Å². The summed E-state index contributed by atoms with van der Waals surface area (Å²) in [6.45, 7) is 0. The standard InChI is InChI=1S/C20H29N3O3/c1-26-19(25)14-11-12-18(24)17(13-14)23-20(22-16-9-5-6-10-16)21-15-7-3-2-4-8-15/h11-13,15-16,24H,2-10H2,1H3,(H2,21,22,23). The molecule has 2 aliphatic carbocycles. The van der Waals surface area contributed by atoms with Crippen molar-refractivity contribution in [1.29, 1.82) is 0 Å². The van der Waals surface area contributed by atoms with Crippen molar-refractivity contribution in [3.05, 3.63) is 23.8 Å². The zero-order chi connectivity index (χ0) is 18.4. The Bertz CT molecular complexity index is 648. The Hall–Kier alpha value is -2.24. The number of anilines is 1. The second-order valence-corrected chi connectivity index (χ2v) is 7.24. The van der Waals surface area contributed by atoms with Crippen LogP contribution in [0.2, 0.25) is 0 Å². The van der Waals surface area contributed by atoms with Crippen LogP contribution in [0.25, 0.3) is 0 Å². The molecule has 0 saturated heterocycles. The molecule has 6 heteroatoms. The third-order valence-corrected chi connectivity index (χ3v) is 5.25. The Morgan fingerprint density at radius 1 is 1.12 bits per heavy atom. The highest BCUT2D eigenvalue weighted by molar-refractivity contribution is 5.97. The molecular weight excluding hydrogens is 330 g/mol. The van der Waals surface area contributed by atoms with Crippen molar-refractivity contribution in [1.82, 2.24) is 5.32 Å². The Kier molecular flexibility index (Phi) is 6.36. The van der Waals surface area contributed by atoms with E-state index in [0.717, 1.165) is 25.7 Å². The molecule has 2 saturated carbocycles. The van der Waals surface area contributed by atoms with Crippen molar-refractivity contribution in [2.24, 2.45) is 4.99 Å². The van der Waals surface area contributed by atoms with Crippen molar-refractivity contribution in [3.63, 3.8) is 0 Å². The maximum Gasteiger partial charge on any atom is 0.337 e. The van der Waals surface area contributed by atoms with E-state index in [-0.39, 0.29) is 5.75 Å². The van der Waals surface area contributed by atoms with E-state index in [4.69, 9.17) is 9.73 Å². The molecule has 0 aromatic heterocycles. The van der Waals surface area contributed by atoms with Gasteiger partial charge in [0.15, 0.2) is 5.96 Å². The molecule has 26 heavy (non-hydrogen) atoms. The quantitative estimate of drug-likeness (QED) is 0.329. The molecule has 3 rings (SSSR count). The number of nitrogens with zero attached hydrogens (tertiary/aromatic N) is 1. The normalized spacial score (nSPS) is 19.3. The average molecular weight is 359 g/mol. The second-order valence-electron chi connectivity index (χ2n) is 7.24. The third kappa shape index (κ3) is 4.90. The molecule has 3 N–H and O–H groups in total. The number of esters is 1. The lowest BCUT2D eigenvalue weighted by Gasteiger charge is -2.26. The van der Waals surface area contributed by atoms with Crippen LogP contribution in [0.15, 0.2) is 23.2 Å². The van der Waals surface area contributed by atoms with Crippen LogP contribution in [-0.4, -0.2) is 36.2 Å². The lowest BCUT2D eigenvalue weighted by molar-refractivity contribution is 0.0601. The number of guanidine groups is 1. The maximum atomic E-state index is 11.8. The fourth-order valence-corrected chi connectivity index (χ4v) is 3.77. The third-order valence-electron chi connectivity index (χ3n) is 5.25. The molecule has 0 bridgehead atoms. The SMILES string of the molecule is COC(=O)c1ccc(O)c(NC(=NC2CCCC2)NC2CCCCC2)c1. The molecule has 0 heterocycles. The highest BCUT2D eigenvalue weighted by Crippen LogP contribution is 2.26. The smallest absolute Gasteiger partial charge is 0.337 e. The number of hydrogen-bond donors (Lipinski definition) is 3. The van der Waals surface area contributed by atoms with E-state index in [9.17, 15) is 9.90 Å². The first kappa shape index (κ1) is 18.5. The molecule has 2 fully saturated rings. The number of phenolic OH excluding ortho intramolecular Hbond substituents is 1. The largest absolute Gasteiger partial charge is 0.506 e. The highest BCUT2D eigenvalue weighted by Gasteiger charge is 2.19. The second kappa shape index (κ2) is 8.92. The van der Waals surface area contributed by atoms with Crippen molar-refractivity contribution >= 4 is 17.6 Å². The van der Waals surface area contributed by atoms with Gasteiger partial charge in [-0.05, 0) is 43.9 Å². The number of phenols is 1. The number of rotatable bonds is 4. The summed E-state index contributed by atoms with van der Waals surface area (Å²) in [4.78, 5) is 16.6. The zero-order valence-corrected chi connectivity index (χ0v) is 15.5. The Morgan fingerprint density at radius 3 is 2.50 bits per heavy atom. The van der Waals surface area contributed by atoms with E-state index in [0.29, 0.717) is 29.3 Å². The van der Waals surface area contributed by atoms with Crippen molar-refractivity contribution in [2.45, 2.75) is 69.9 Å². The molecular formula is C20H29N3O3. The summed E-state index contributed by atoms with van der Waals surface area (Å²) < 4.78 is 4.77.